The SMILES string of the molecule is CC(=O)c1ccc(NC(=O)C(Sc2ccc(NC(=O)c3ccco3)cc2)c2ccccc2)cc1. The highest BCUT2D eigenvalue weighted by Crippen LogP contribution is 2.36. The van der Waals surface area contributed by atoms with Crippen LogP contribution in [-0.4, -0.2) is 17.6 Å². The molecule has 0 radical (unpaired) electrons. The van der Waals surface area contributed by atoms with Gasteiger partial charge < -0.3 is 15.1 Å². The van der Waals surface area contributed by atoms with Gasteiger partial charge >= 0.3 is 0 Å². The molecule has 6 nitrogen and oxygen atoms in total. The van der Waals surface area contributed by atoms with Gasteiger partial charge in [0.1, 0.15) is 5.25 Å². The minimum atomic E-state index is -0.503. The Morgan fingerprint density at radius 1 is 0.765 bits per heavy atom. The van der Waals surface area contributed by atoms with E-state index in [9.17, 15) is 14.4 Å². The molecule has 3 aromatic carbocycles. The van der Waals surface area contributed by atoms with E-state index in [0.29, 0.717) is 16.9 Å². The number of carbonyl (C=O) groups excluding carboxylic acids is 3. The molecule has 1 aromatic heterocycles. The van der Waals surface area contributed by atoms with E-state index in [1.807, 2.05) is 42.5 Å². The van der Waals surface area contributed by atoms with Gasteiger partial charge in [0.05, 0.1) is 6.26 Å². The molecule has 170 valence electrons. The third kappa shape index (κ3) is 5.82. The molecule has 2 N–H and O–H groups in total. The summed E-state index contributed by atoms with van der Waals surface area (Å²) in [5.74, 6) is -0.306. The van der Waals surface area contributed by atoms with Gasteiger partial charge in [-0.1, -0.05) is 30.3 Å². The number of benzene rings is 3. The van der Waals surface area contributed by atoms with E-state index < -0.39 is 5.25 Å². The van der Waals surface area contributed by atoms with Gasteiger partial charge in [-0.05, 0) is 73.2 Å². The Morgan fingerprint density at radius 2 is 1.41 bits per heavy atom. The van der Waals surface area contributed by atoms with Gasteiger partial charge in [0.2, 0.25) is 5.91 Å². The fourth-order valence-electron chi connectivity index (χ4n) is 3.25. The van der Waals surface area contributed by atoms with E-state index in [0.717, 1.165) is 10.5 Å². The molecule has 0 saturated carbocycles. The number of amides is 2. The molecule has 0 bridgehead atoms. The summed E-state index contributed by atoms with van der Waals surface area (Å²) in [5.41, 5.74) is 2.69. The Bertz CT molecular complexity index is 1270. The second kappa shape index (κ2) is 10.7. The molecule has 0 fully saturated rings. The molecule has 34 heavy (non-hydrogen) atoms. The third-order valence-electron chi connectivity index (χ3n) is 5.01. The summed E-state index contributed by atoms with van der Waals surface area (Å²) in [6.07, 6.45) is 1.45. The summed E-state index contributed by atoms with van der Waals surface area (Å²) in [4.78, 5) is 37.7. The lowest BCUT2D eigenvalue weighted by Crippen LogP contribution is -2.19. The van der Waals surface area contributed by atoms with Gasteiger partial charge in [-0.15, -0.1) is 11.8 Å². The summed E-state index contributed by atoms with van der Waals surface area (Å²) >= 11 is 1.41. The molecule has 1 unspecified atom stereocenters. The Labute approximate surface area is 201 Å². The molecular weight excluding hydrogens is 448 g/mol. The first kappa shape index (κ1) is 23.1. The van der Waals surface area contributed by atoms with Crippen molar-refractivity contribution in [2.75, 3.05) is 10.6 Å². The van der Waals surface area contributed by atoms with E-state index in [4.69, 9.17) is 4.42 Å². The number of thioether (sulfide) groups is 1. The van der Waals surface area contributed by atoms with Crippen LogP contribution in [0.3, 0.4) is 0 Å². The number of furan rings is 1. The molecule has 1 heterocycles. The predicted molar refractivity (Wildman–Crippen MR) is 133 cm³/mol. The van der Waals surface area contributed by atoms with Crippen LogP contribution in [0, 0.1) is 0 Å². The number of Topliss-reactive ketones (excluding diaryl/α,β-unsaturated/α-hetero) is 1. The molecule has 0 spiro atoms. The lowest BCUT2D eigenvalue weighted by Gasteiger charge is -2.17. The van der Waals surface area contributed by atoms with Crippen LogP contribution in [0.15, 0.2) is 107 Å². The molecule has 0 saturated heterocycles. The van der Waals surface area contributed by atoms with Crippen molar-refractivity contribution in [2.24, 2.45) is 0 Å². The Morgan fingerprint density at radius 3 is 2.03 bits per heavy atom. The standard InChI is InChI=1S/C27H22N2O4S/c1-18(30)19-9-11-21(12-10-19)29-27(32)25(20-6-3-2-4-7-20)34-23-15-13-22(14-16-23)28-26(31)24-8-5-17-33-24/h2-17,25H,1H3,(H,28,31)(H,29,32). The highest BCUT2D eigenvalue weighted by Gasteiger charge is 2.22. The van der Waals surface area contributed by atoms with Crippen LogP contribution in [0.2, 0.25) is 0 Å². The quantitative estimate of drug-likeness (QED) is 0.236. The fraction of sp³-hybridized carbons (Fsp3) is 0.0741. The number of hydrogen-bond acceptors (Lipinski definition) is 5. The monoisotopic (exact) mass is 470 g/mol. The smallest absolute Gasteiger partial charge is 0.291 e. The second-order valence-corrected chi connectivity index (χ2v) is 8.67. The second-order valence-electron chi connectivity index (χ2n) is 7.49. The average molecular weight is 471 g/mol. The Kier molecular flexibility index (Phi) is 7.25. The molecule has 1 atom stereocenters. The zero-order chi connectivity index (χ0) is 23.9. The van der Waals surface area contributed by atoms with Crippen LogP contribution >= 0.6 is 11.8 Å². The van der Waals surface area contributed by atoms with Crippen molar-refractivity contribution in [1.82, 2.24) is 0 Å². The highest BCUT2D eigenvalue weighted by molar-refractivity contribution is 8.00. The molecule has 4 aromatic rings. The number of carbonyl (C=O) groups is 3. The van der Waals surface area contributed by atoms with Gasteiger partial charge in [-0.25, -0.2) is 0 Å². The molecule has 7 heteroatoms. The van der Waals surface area contributed by atoms with E-state index in [-0.39, 0.29) is 23.4 Å². The van der Waals surface area contributed by atoms with Crippen molar-refractivity contribution in [3.63, 3.8) is 0 Å². The minimum absolute atomic E-state index is 0.0283. The zero-order valence-electron chi connectivity index (χ0n) is 18.4. The fourth-order valence-corrected chi connectivity index (χ4v) is 4.27. The molecular formula is C27H22N2O4S. The lowest BCUT2D eigenvalue weighted by atomic mass is 10.1. The van der Waals surface area contributed by atoms with Crippen molar-refractivity contribution >= 4 is 40.7 Å². The highest BCUT2D eigenvalue weighted by atomic mass is 32.2. The van der Waals surface area contributed by atoms with Gasteiger partial charge in [0.25, 0.3) is 5.91 Å². The summed E-state index contributed by atoms with van der Waals surface area (Å²) in [6, 6.07) is 26.9. The normalized spacial score (nSPS) is 11.4. The summed E-state index contributed by atoms with van der Waals surface area (Å²) in [6.45, 7) is 1.50. The van der Waals surface area contributed by atoms with E-state index in [1.54, 1.807) is 48.5 Å². The van der Waals surface area contributed by atoms with Crippen LogP contribution in [0.5, 0.6) is 0 Å². The number of anilines is 2. The average Bonchev–Trinajstić information content (AvgIpc) is 3.40. The van der Waals surface area contributed by atoms with Crippen molar-refractivity contribution in [1.29, 1.82) is 0 Å². The van der Waals surface area contributed by atoms with Crippen LogP contribution in [0.25, 0.3) is 0 Å². The van der Waals surface area contributed by atoms with Crippen molar-refractivity contribution in [3.8, 4) is 0 Å². The topological polar surface area (TPSA) is 88.4 Å². The van der Waals surface area contributed by atoms with E-state index in [2.05, 4.69) is 10.6 Å². The maximum Gasteiger partial charge on any atom is 0.291 e. The molecule has 2 amide bonds. The van der Waals surface area contributed by atoms with E-state index in [1.165, 1.54) is 24.9 Å². The van der Waals surface area contributed by atoms with Gasteiger partial charge in [0.15, 0.2) is 11.5 Å². The van der Waals surface area contributed by atoms with Crippen molar-refractivity contribution in [2.45, 2.75) is 17.1 Å². The summed E-state index contributed by atoms with van der Waals surface area (Å²) in [5, 5.41) is 5.22. The first-order valence-corrected chi connectivity index (χ1v) is 11.5. The third-order valence-corrected chi connectivity index (χ3v) is 6.28. The minimum Gasteiger partial charge on any atom is -0.459 e. The van der Waals surface area contributed by atoms with Crippen LogP contribution < -0.4 is 10.6 Å². The van der Waals surface area contributed by atoms with Crippen LogP contribution in [0.1, 0.15) is 38.6 Å². The molecule has 0 aliphatic carbocycles. The first-order chi connectivity index (χ1) is 16.5. The Balaban J connectivity index is 1.48. The lowest BCUT2D eigenvalue weighted by molar-refractivity contribution is -0.115. The van der Waals surface area contributed by atoms with Crippen LogP contribution in [0.4, 0.5) is 11.4 Å². The van der Waals surface area contributed by atoms with E-state index >= 15 is 0 Å². The number of rotatable bonds is 8. The number of hydrogen-bond donors (Lipinski definition) is 2. The zero-order valence-corrected chi connectivity index (χ0v) is 19.2. The molecule has 4 rings (SSSR count). The van der Waals surface area contributed by atoms with Gasteiger partial charge in [-0.2, -0.15) is 0 Å². The number of ketones is 1. The first-order valence-electron chi connectivity index (χ1n) is 10.6. The van der Waals surface area contributed by atoms with Crippen LogP contribution in [-0.2, 0) is 4.79 Å². The Hall–Kier alpha value is -4.10. The summed E-state index contributed by atoms with van der Waals surface area (Å²) < 4.78 is 5.11. The summed E-state index contributed by atoms with van der Waals surface area (Å²) in [7, 11) is 0. The predicted octanol–water partition coefficient (Wildman–Crippen LogP) is 6.21. The van der Waals surface area contributed by atoms with Gasteiger partial charge in [0, 0.05) is 21.8 Å². The number of nitrogens with one attached hydrogen (secondary N) is 2. The molecule has 0 aliphatic heterocycles. The van der Waals surface area contributed by atoms with Crippen molar-refractivity contribution < 1.29 is 18.8 Å². The molecule has 0 aliphatic rings. The van der Waals surface area contributed by atoms with Gasteiger partial charge in [-0.3, -0.25) is 14.4 Å². The van der Waals surface area contributed by atoms with Crippen molar-refractivity contribution in [3.05, 3.63) is 114 Å². The largest absolute Gasteiger partial charge is 0.459 e. The maximum absolute atomic E-state index is 13.2. The maximum atomic E-state index is 13.2.